The SMILES string of the molecule is Cc1cc(F)cc(C)c1Oc1ccc(C(C)(C)O)cc1-c1cn(C)c(=O)cc1O[C@H]1CC[C@H](NC(=O)C2CC2)CC1. The van der Waals surface area contributed by atoms with E-state index >= 15 is 0 Å². The Morgan fingerprint density at radius 3 is 2.24 bits per heavy atom. The molecule has 5 rings (SSSR count). The van der Waals surface area contributed by atoms with Crippen LogP contribution in [0.1, 0.15) is 69.1 Å². The highest BCUT2D eigenvalue weighted by molar-refractivity contribution is 5.81. The molecule has 1 aromatic heterocycles. The second-order valence-corrected chi connectivity index (χ2v) is 12.1. The lowest BCUT2D eigenvalue weighted by molar-refractivity contribution is -0.123. The van der Waals surface area contributed by atoms with Crippen molar-refractivity contribution >= 4 is 5.91 Å². The maximum absolute atomic E-state index is 14.0. The number of halogens is 1. The molecule has 41 heavy (non-hydrogen) atoms. The summed E-state index contributed by atoms with van der Waals surface area (Å²) in [6.45, 7) is 7.00. The largest absolute Gasteiger partial charge is 0.490 e. The van der Waals surface area contributed by atoms with Gasteiger partial charge in [-0.2, -0.15) is 0 Å². The third kappa shape index (κ3) is 6.64. The molecular weight excluding hydrogens is 523 g/mol. The minimum Gasteiger partial charge on any atom is -0.490 e. The first-order valence-electron chi connectivity index (χ1n) is 14.4. The quantitative estimate of drug-likeness (QED) is 0.349. The van der Waals surface area contributed by atoms with Gasteiger partial charge in [0.1, 0.15) is 23.1 Å². The summed E-state index contributed by atoms with van der Waals surface area (Å²) in [6.07, 6.45) is 6.71. The molecule has 0 bridgehead atoms. The Bertz CT molecular complexity index is 1490. The van der Waals surface area contributed by atoms with Gasteiger partial charge in [0.05, 0.1) is 11.7 Å². The van der Waals surface area contributed by atoms with Crippen LogP contribution in [0.2, 0.25) is 0 Å². The number of hydrogen-bond donors (Lipinski definition) is 2. The van der Waals surface area contributed by atoms with E-state index in [1.807, 2.05) is 6.07 Å². The Labute approximate surface area is 240 Å². The van der Waals surface area contributed by atoms with Crippen LogP contribution in [0.4, 0.5) is 4.39 Å². The topological polar surface area (TPSA) is 89.8 Å². The van der Waals surface area contributed by atoms with E-state index < -0.39 is 5.60 Å². The molecule has 0 radical (unpaired) electrons. The average Bonchev–Trinajstić information content (AvgIpc) is 3.75. The molecule has 8 heteroatoms. The number of rotatable bonds is 8. The van der Waals surface area contributed by atoms with Crippen LogP contribution in [-0.4, -0.2) is 27.7 Å². The van der Waals surface area contributed by atoms with Crippen molar-refractivity contribution in [2.24, 2.45) is 13.0 Å². The van der Waals surface area contributed by atoms with E-state index in [-0.39, 0.29) is 35.3 Å². The van der Waals surface area contributed by atoms with Gasteiger partial charge >= 0.3 is 0 Å². The lowest BCUT2D eigenvalue weighted by Crippen LogP contribution is -2.40. The molecule has 2 aliphatic rings. The van der Waals surface area contributed by atoms with Crippen molar-refractivity contribution in [3.05, 3.63) is 75.5 Å². The second kappa shape index (κ2) is 11.3. The number of aromatic nitrogens is 1. The van der Waals surface area contributed by atoms with Crippen LogP contribution in [-0.2, 0) is 17.4 Å². The Kier molecular flexibility index (Phi) is 7.97. The summed E-state index contributed by atoms with van der Waals surface area (Å²) in [6, 6.07) is 9.93. The monoisotopic (exact) mass is 562 g/mol. The van der Waals surface area contributed by atoms with Crippen molar-refractivity contribution in [2.45, 2.75) is 84.0 Å². The number of amides is 1. The highest BCUT2D eigenvalue weighted by atomic mass is 19.1. The van der Waals surface area contributed by atoms with Gasteiger partial charge < -0.3 is 24.5 Å². The van der Waals surface area contributed by atoms with Crippen LogP contribution >= 0.6 is 0 Å². The minimum absolute atomic E-state index is 0.113. The second-order valence-electron chi connectivity index (χ2n) is 12.1. The molecule has 2 aliphatic carbocycles. The number of ether oxygens (including phenoxy) is 2. The van der Waals surface area contributed by atoms with Crippen molar-refractivity contribution in [1.82, 2.24) is 9.88 Å². The fraction of sp³-hybridized carbons (Fsp3) is 0.455. The molecule has 2 N–H and O–H groups in total. The summed E-state index contributed by atoms with van der Waals surface area (Å²) in [5, 5.41) is 14.0. The highest BCUT2D eigenvalue weighted by Gasteiger charge is 2.32. The van der Waals surface area contributed by atoms with Gasteiger partial charge in [-0.1, -0.05) is 6.07 Å². The van der Waals surface area contributed by atoms with Gasteiger partial charge in [-0.05, 0) is 107 Å². The van der Waals surface area contributed by atoms with Gasteiger partial charge in [0.25, 0.3) is 5.56 Å². The first-order chi connectivity index (χ1) is 19.4. The summed E-state index contributed by atoms with van der Waals surface area (Å²) in [7, 11) is 1.68. The van der Waals surface area contributed by atoms with Crippen LogP contribution < -0.4 is 20.3 Å². The summed E-state index contributed by atoms with van der Waals surface area (Å²) < 4.78 is 28.4. The summed E-state index contributed by atoms with van der Waals surface area (Å²) in [4.78, 5) is 25.0. The van der Waals surface area contributed by atoms with E-state index in [0.717, 1.165) is 38.5 Å². The van der Waals surface area contributed by atoms with Gasteiger partial charge in [0.2, 0.25) is 5.91 Å². The fourth-order valence-electron chi connectivity index (χ4n) is 5.46. The van der Waals surface area contributed by atoms with Crippen molar-refractivity contribution in [2.75, 3.05) is 0 Å². The van der Waals surface area contributed by atoms with Crippen LogP contribution in [0.25, 0.3) is 11.1 Å². The van der Waals surface area contributed by atoms with Gasteiger partial charge in [0, 0.05) is 42.4 Å². The molecule has 218 valence electrons. The number of aryl methyl sites for hydroxylation is 3. The van der Waals surface area contributed by atoms with E-state index in [0.29, 0.717) is 45.1 Å². The zero-order valence-corrected chi connectivity index (χ0v) is 24.4. The van der Waals surface area contributed by atoms with Crippen molar-refractivity contribution in [1.29, 1.82) is 0 Å². The summed E-state index contributed by atoms with van der Waals surface area (Å²) in [5.74, 6) is 1.48. The maximum Gasteiger partial charge on any atom is 0.254 e. The molecule has 0 atom stereocenters. The van der Waals surface area contributed by atoms with Crippen LogP contribution in [0.5, 0.6) is 17.2 Å². The molecule has 2 fully saturated rings. The third-order valence-corrected chi connectivity index (χ3v) is 8.07. The minimum atomic E-state index is -1.13. The van der Waals surface area contributed by atoms with E-state index in [4.69, 9.17) is 9.47 Å². The molecule has 0 unspecified atom stereocenters. The third-order valence-electron chi connectivity index (χ3n) is 8.07. The lowest BCUT2D eigenvalue weighted by Gasteiger charge is -2.30. The summed E-state index contributed by atoms with van der Waals surface area (Å²) in [5.41, 5.74) is 1.93. The maximum atomic E-state index is 14.0. The molecule has 3 aromatic rings. The van der Waals surface area contributed by atoms with Crippen molar-refractivity contribution < 1.29 is 23.8 Å². The standard InChI is InChI=1S/C33H39FN2O5/c1-19-14-23(34)15-20(2)31(19)41-28-13-8-22(33(3,4)39)16-26(28)27-18-36(5)30(37)17-29(27)40-25-11-9-24(10-12-25)35-32(38)21-6-7-21/h8,13-18,21,24-25,39H,6-7,9-12H2,1-5H3,(H,35,38)/t24-,25-. The Morgan fingerprint density at radius 2 is 1.63 bits per heavy atom. The number of benzene rings is 2. The smallest absolute Gasteiger partial charge is 0.254 e. The normalized spacial score (nSPS) is 19.1. The van der Waals surface area contributed by atoms with Gasteiger partial charge in [-0.25, -0.2) is 4.39 Å². The van der Waals surface area contributed by atoms with E-state index in [2.05, 4.69) is 5.32 Å². The predicted molar refractivity (Wildman–Crippen MR) is 156 cm³/mol. The number of carbonyl (C=O) groups excluding carboxylic acids is 1. The number of carbonyl (C=O) groups is 1. The average molecular weight is 563 g/mol. The molecule has 1 heterocycles. The molecule has 0 saturated heterocycles. The van der Waals surface area contributed by atoms with Gasteiger partial charge in [-0.3, -0.25) is 9.59 Å². The Morgan fingerprint density at radius 1 is 0.976 bits per heavy atom. The Balaban J connectivity index is 1.48. The van der Waals surface area contributed by atoms with E-state index in [9.17, 15) is 19.1 Å². The van der Waals surface area contributed by atoms with E-state index in [1.54, 1.807) is 53.1 Å². The van der Waals surface area contributed by atoms with Crippen LogP contribution in [0.15, 0.2) is 47.4 Å². The van der Waals surface area contributed by atoms with Gasteiger partial charge in [-0.15, -0.1) is 0 Å². The van der Waals surface area contributed by atoms with Crippen LogP contribution in [0, 0.1) is 25.6 Å². The molecule has 7 nitrogen and oxygen atoms in total. The summed E-state index contributed by atoms with van der Waals surface area (Å²) >= 11 is 0. The zero-order valence-electron chi connectivity index (χ0n) is 24.4. The number of hydrogen-bond acceptors (Lipinski definition) is 5. The first kappa shape index (κ1) is 28.9. The molecule has 2 saturated carbocycles. The van der Waals surface area contributed by atoms with E-state index in [1.165, 1.54) is 22.8 Å². The van der Waals surface area contributed by atoms with Gasteiger partial charge in [0.15, 0.2) is 0 Å². The molecule has 0 aliphatic heterocycles. The zero-order chi connectivity index (χ0) is 29.5. The van der Waals surface area contributed by atoms with Crippen molar-refractivity contribution in [3.8, 4) is 28.4 Å². The first-order valence-corrected chi connectivity index (χ1v) is 14.4. The molecule has 0 spiro atoms. The highest BCUT2D eigenvalue weighted by Crippen LogP contribution is 2.42. The number of nitrogens with zero attached hydrogens (tertiary/aromatic N) is 1. The predicted octanol–water partition coefficient (Wildman–Crippen LogP) is 6.04. The molecule has 1 amide bonds. The Hall–Kier alpha value is -3.65. The fourth-order valence-corrected chi connectivity index (χ4v) is 5.46. The molecular formula is C33H39FN2O5. The lowest BCUT2D eigenvalue weighted by atomic mass is 9.92. The number of pyridine rings is 1. The molecule has 2 aromatic carbocycles. The van der Waals surface area contributed by atoms with Crippen molar-refractivity contribution in [3.63, 3.8) is 0 Å². The number of nitrogens with one attached hydrogen (secondary N) is 1. The van der Waals surface area contributed by atoms with Crippen LogP contribution in [0.3, 0.4) is 0 Å². The number of aliphatic hydroxyl groups is 1.